The standard InChI is InChI=1S/C19H30BrNO3/c1-7-16(14(5)19(23-8-2)24-9-3)21-12-15-11-10-13(4)17(20)18(15)22-6/h7,10-11,14,19,21H,8-9,12H2,1-6H3. The molecule has 4 nitrogen and oxygen atoms in total. The van der Waals surface area contributed by atoms with Gasteiger partial charge in [-0.15, -0.1) is 0 Å². The van der Waals surface area contributed by atoms with Crippen molar-refractivity contribution >= 4 is 15.9 Å². The molecule has 24 heavy (non-hydrogen) atoms. The van der Waals surface area contributed by atoms with E-state index in [-0.39, 0.29) is 12.2 Å². The highest BCUT2D eigenvalue weighted by molar-refractivity contribution is 9.10. The number of allylic oxidation sites excluding steroid dienone is 1. The van der Waals surface area contributed by atoms with E-state index in [0.29, 0.717) is 19.8 Å². The second kappa shape index (κ2) is 10.7. The Labute approximate surface area is 154 Å². The first-order valence-electron chi connectivity index (χ1n) is 8.45. The lowest BCUT2D eigenvalue weighted by Gasteiger charge is -2.27. The van der Waals surface area contributed by atoms with E-state index in [1.165, 1.54) is 0 Å². The van der Waals surface area contributed by atoms with Crippen molar-refractivity contribution in [3.05, 3.63) is 39.5 Å². The molecule has 0 amide bonds. The number of nitrogens with one attached hydrogen (secondary N) is 1. The van der Waals surface area contributed by atoms with Gasteiger partial charge in [-0.1, -0.05) is 25.1 Å². The molecule has 0 spiro atoms. The Morgan fingerprint density at radius 3 is 2.38 bits per heavy atom. The van der Waals surface area contributed by atoms with Crippen molar-refractivity contribution < 1.29 is 14.2 Å². The number of methoxy groups -OCH3 is 1. The fourth-order valence-electron chi connectivity index (χ4n) is 2.59. The van der Waals surface area contributed by atoms with Crippen molar-refractivity contribution in [3.63, 3.8) is 0 Å². The van der Waals surface area contributed by atoms with Crippen molar-refractivity contribution in [3.8, 4) is 5.75 Å². The second-order valence-corrected chi connectivity index (χ2v) is 6.35. The van der Waals surface area contributed by atoms with E-state index in [2.05, 4.69) is 53.3 Å². The van der Waals surface area contributed by atoms with Gasteiger partial charge in [-0.25, -0.2) is 0 Å². The summed E-state index contributed by atoms with van der Waals surface area (Å²) in [5.41, 5.74) is 3.36. The van der Waals surface area contributed by atoms with E-state index in [4.69, 9.17) is 14.2 Å². The van der Waals surface area contributed by atoms with E-state index in [0.717, 1.165) is 27.0 Å². The molecule has 0 heterocycles. The van der Waals surface area contributed by atoms with Crippen LogP contribution in [-0.4, -0.2) is 26.6 Å². The van der Waals surface area contributed by atoms with Crippen LogP contribution in [-0.2, 0) is 16.0 Å². The van der Waals surface area contributed by atoms with Crippen LogP contribution in [0.1, 0.15) is 38.8 Å². The molecule has 1 atom stereocenters. The van der Waals surface area contributed by atoms with Crippen LogP contribution in [0.4, 0.5) is 0 Å². The number of benzene rings is 1. The fraction of sp³-hybridized carbons (Fsp3) is 0.579. The van der Waals surface area contributed by atoms with E-state index >= 15 is 0 Å². The summed E-state index contributed by atoms with van der Waals surface area (Å²) in [6, 6.07) is 4.18. The van der Waals surface area contributed by atoms with Crippen LogP contribution >= 0.6 is 15.9 Å². The van der Waals surface area contributed by atoms with E-state index in [1.807, 2.05) is 20.8 Å². The minimum Gasteiger partial charge on any atom is -0.495 e. The van der Waals surface area contributed by atoms with Crippen molar-refractivity contribution in [2.75, 3.05) is 20.3 Å². The fourth-order valence-corrected chi connectivity index (χ4v) is 3.14. The van der Waals surface area contributed by atoms with Gasteiger partial charge in [-0.05, 0) is 49.2 Å². The molecule has 5 heteroatoms. The summed E-state index contributed by atoms with van der Waals surface area (Å²) >= 11 is 3.60. The molecule has 1 unspecified atom stereocenters. The molecule has 0 bridgehead atoms. The third-order valence-electron chi connectivity index (χ3n) is 3.93. The van der Waals surface area contributed by atoms with Crippen LogP contribution in [0, 0.1) is 12.8 Å². The predicted molar refractivity (Wildman–Crippen MR) is 102 cm³/mol. The molecular weight excluding hydrogens is 370 g/mol. The summed E-state index contributed by atoms with van der Waals surface area (Å²) in [4.78, 5) is 0. The number of ether oxygens (including phenoxy) is 3. The smallest absolute Gasteiger partial charge is 0.165 e. The highest BCUT2D eigenvalue weighted by atomic mass is 79.9. The molecule has 0 aliphatic heterocycles. The van der Waals surface area contributed by atoms with Crippen molar-refractivity contribution in [1.29, 1.82) is 0 Å². The highest BCUT2D eigenvalue weighted by Crippen LogP contribution is 2.32. The zero-order valence-corrected chi connectivity index (χ0v) is 17.2. The summed E-state index contributed by atoms with van der Waals surface area (Å²) in [6.07, 6.45) is 1.83. The first-order chi connectivity index (χ1) is 11.5. The van der Waals surface area contributed by atoms with Crippen molar-refractivity contribution in [2.45, 2.75) is 47.5 Å². The molecule has 1 aromatic carbocycles. The predicted octanol–water partition coefficient (Wildman–Crippen LogP) is 4.79. The van der Waals surface area contributed by atoms with Gasteiger partial charge < -0.3 is 19.5 Å². The molecule has 1 rings (SSSR count). The van der Waals surface area contributed by atoms with Gasteiger partial charge in [0.15, 0.2) is 6.29 Å². The molecule has 0 aromatic heterocycles. The third-order valence-corrected chi connectivity index (χ3v) is 4.92. The number of rotatable bonds is 10. The topological polar surface area (TPSA) is 39.7 Å². The van der Waals surface area contributed by atoms with Gasteiger partial charge in [0.1, 0.15) is 5.75 Å². The van der Waals surface area contributed by atoms with E-state index in [1.54, 1.807) is 7.11 Å². The summed E-state index contributed by atoms with van der Waals surface area (Å²) in [5, 5.41) is 3.50. The van der Waals surface area contributed by atoms with Crippen LogP contribution in [0.3, 0.4) is 0 Å². The average Bonchev–Trinajstić information content (AvgIpc) is 2.58. The van der Waals surface area contributed by atoms with Gasteiger partial charge in [-0.3, -0.25) is 0 Å². The maximum absolute atomic E-state index is 5.72. The second-order valence-electron chi connectivity index (χ2n) is 5.55. The number of hydrogen-bond donors (Lipinski definition) is 1. The lowest BCUT2D eigenvalue weighted by molar-refractivity contribution is -0.157. The average molecular weight is 400 g/mol. The van der Waals surface area contributed by atoms with Crippen LogP contribution < -0.4 is 10.1 Å². The molecule has 0 aliphatic rings. The highest BCUT2D eigenvalue weighted by Gasteiger charge is 2.21. The molecular formula is C19H30BrNO3. The monoisotopic (exact) mass is 399 g/mol. The summed E-state index contributed by atoms with van der Waals surface area (Å²) in [6.45, 7) is 12.1. The Bertz CT molecular complexity index is 540. The van der Waals surface area contributed by atoms with E-state index in [9.17, 15) is 0 Å². The minimum absolute atomic E-state index is 0.120. The van der Waals surface area contributed by atoms with Crippen molar-refractivity contribution in [1.82, 2.24) is 5.32 Å². The van der Waals surface area contributed by atoms with Gasteiger partial charge in [0.2, 0.25) is 0 Å². The van der Waals surface area contributed by atoms with Gasteiger partial charge in [0.05, 0.1) is 11.6 Å². The van der Waals surface area contributed by atoms with Crippen LogP contribution in [0.15, 0.2) is 28.4 Å². The lowest BCUT2D eigenvalue weighted by Crippen LogP contribution is -2.31. The molecule has 0 saturated heterocycles. The minimum atomic E-state index is -0.245. The summed E-state index contributed by atoms with van der Waals surface area (Å²) < 4.78 is 18.0. The Kier molecular flexibility index (Phi) is 9.41. The van der Waals surface area contributed by atoms with Gasteiger partial charge in [0.25, 0.3) is 0 Å². The lowest BCUT2D eigenvalue weighted by atomic mass is 10.1. The van der Waals surface area contributed by atoms with Gasteiger partial charge in [-0.2, -0.15) is 0 Å². The van der Waals surface area contributed by atoms with E-state index < -0.39 is 0 Å². The third kappa shape index (κ3) is 5.50. The molecule has 0 fully saturated rings. The van der Waals surface area contributed by atoms with Gasteiger partial charge >= 0.3 is 0 Å². The van der Waals surface area contributed by atoms with Crippen LogP contribution in [0.5, 0.6) is 5.75 Å². The SMILES string of the molecule is CC=C(NCc1ccc(C)c(Br)c1OC)C(C)C(OCC)OCC. The number of hydrogen-bond acceptors (Lipinski definition) is 4. The molecule has 136 valence electrons. The molecule has 0 aliphatic carbocycles. The summed E-state index contributed by atoms with van der Waals surface area (Å²) in [7, 11) is 1.70. The largest absolute Gasteiger partial charge is 0.495 e. The quantitative estimate of drug-likeness (QED) is 0.573. The van der Waals surface area contributed by atoms with Crippen LogP contribution in [0.2, 0.25) is 0 Å². The Hall–Kier alpha value is -1.04. The van der Waals surface area contributed by atoms with Crippen molar-refractivity contribution in [2.24, 2.45) is 5.92 Å². The van der Waals surface area contributed by atoms with Crippen LogP contribution in [0.25, 0.3) is 0 Å². The summed E-state index contributed by atoms with van der Waals surface area (Å²) in [5.74, 6) is 0.992. The molecule has 1 aromatic rings. The first kappa shape index (κ1) is 21.0. The number of halogens is 1. The maximum Gasteiger partial charge on any atom is 0.165 e. The Balaban J connectivity index is 2.85. The zero-order chi connectivity index (χ0) is 18.1. The van der Waals surface area contributed by atoms with Gasteiger partial charge in [0, 0.05) is 36.9 Å². The molecule has 0 radical (unpaired) electrons. The molecule has 0 saturated carbocycles. The Morgan fingerprint density at radius 1 is 1.25 bits per heavy atom. The molecule has 1 N–H and O–H groups in total. The first-order valence-corrected chi connectivity index (χ1v) is 9.24. The Morgan fingerprint density at radius 2 is 1.88 bits per heavy atom. The zero-order valence-electron chi connectivity index (χ0n) is 15.6. The maximum atomic E-state index is 5.72. The number of aryl methyl sites for hydroxylation is 1. The normalized spacial score (nSPS) is 13.2.